The first-order valence-electron chi connectivity index (χ1n) is 5.16. The number of nitrogens with two attached hydrogens (primary N) is 1. The van der Waals surface area contributed by atoms with Crippen LogP contribution in [0.15, 0.2) is 23.1 Å². The van der Waals surface area contributed by atoms with E-state index in [0.29, 0.717) is 6.07 Å². The van der Waals surface area contributed by atoms with Crippen molar-refractivity contribution < 1.29 is 35.2 Å². The highest BCUT2D eigenvalue weighted by molar-refractivity contribution is 7.89. The predicted octanol–water partition coefficient (Wildman–Crippen LogP) is 1.78. The second-order valence-corrected chi connectivity index (χ2v) is 5.58. The lowest BCUT2D eigenvalue weighted by atomic mass is 10.2. The zero-order chi connectivity index (χ0) is 16.6. The Balaban J connectivity index is 3.14. The first kappa shape index (κ1) is 17.3. The number of carbonyl (C=O) groups excluding carboxylic acids is 1. The van der Waals surface area contributed by atoms with E-state index in [1.807, 2.05) is 0 Å². The van der Waals surface area contributed by atoms with Gasteiger partial charge in [-0.1, -0.05) is 6.07 Å². The van der Waals surface area contributed by atoms with Crippen LogP contribution in [-0.2, 0) is 14.8 Å². The molecule has 0 bridgehead atoms. The van der Waals surface area contributed by atoms with Crippen molar-refractivity contribution in [3.8, 4) is 0 Å². The van der Waals surface area contributed by atoms with E-state index in [0.717, 1.165) is 12.1 Å². The van der Waals surface area contributed by atoms with Crippen LogP contribution in [0.5, 0.6) is 0 Å². The minimum absolute atomic E-state index is 0.137. The third-order valence-corrected chi connectivity index (χ3v) is 3.45. The lowest BCUT2D eigenvalue weighted by molar-refractivity contribution is -0.267. The minimum Gasteiger partial charge on any atom is -0.320 e. The average Bonchev–Trinajstić information content (AvgIpc) is 2.28. The number of rotatable bonds is 3. The van der Waals surface area contributed by atoms with Crippen molar-refractivity contribution in [2.75, 3.05) is 5.32 Å². The predicted molar refractivity (Wildman–Crippen MR) is 62.2 cm³/mol. The Labute approximate surface area is 116 Å². The second kappa shape index (κ2) is 5.22. The molecule has 1 amide bonds. The van der Waals surface area contributed by atoms with Gasteiger partial charge in [0, 0.05) is 5.69 Å². The Kier molecular flexibility index (Phi) is 4.30. The largest absolute Gasteiger partial charge is 0.463 e. The molecular formula is C10H9F5N2O3S. The maximum absolute atomic E-state index is 12.7. The molecule has 0 aliphatic heterocycles. The summed E-state index contributed by atoms with van der Waals surface area (Å²) in [5.74, 6) is -8.24. The Morgan fingerprint density at radius 3 is 2.14 bits per heavy atom. The molecule has 0 fully saturated rings. The van der Waals surface area contributed by atoms with Gasteiger partial charge in [-0.05, 0) is 24.6 Å². The number of alkyl halides is 5. The van der Waals surface area contributed by atoms with Gasteiger partial charge in [0.1, 0.15) is 0 Å². The highest BCUT2D eigenvalue weighted by atomic mass is 32.2. The smallest absolute Gasteiger partial charge is 0.320 e. The van der Waals surface area contributed by atoms with Crippen LogP contribution in [0.1, 0.15) is 5.56 Å². The molecule has 0 heterocycles. The average molecular weight is 332 g/mol. The van der Waals surface area contributed by atoms with Gasteiger partial charge in [0.2, 0.25) is 10.0 Å². The van der Waals surface area contributed by atoms with E-state index in [-0.39, 0.29) is 5.56 Å². The summed E-state index contributed by atoms with van der Waals surface area (Å²) in [5, 5.41) is 6.14. The molecule has 0 unspecified atom stereocenters. The monoisotopic (exact) mass is 332 g/mol. The van der Waals surface area contributed by atoms with E-state index in [1.54, 1.807) is 0 Å². The van der Waals surface area contributed by atoms with Crippen molar-refractivity contribution in [3.63, 3.8) is 0 Å². The molecule has 0 radical (unpaired) electrons. The zero-order valence-electron chi connectivity index (χ0n) is 10.3. The summed E-state index contributed by atoms with van der Waals surface area (Å²) >= 11 is 0. The third kappa shape index (κ3) is 3.67. The SMILES string of the molecule is Cc1ccc(NC(=O)C(F)(F)C(F)(F)F)cc1S(N)(=O)=O. The molecule has 0 spiro atoms. The van der Waals surface area contributed by atoms with Gasteiger partial charge in [-0.2, -0.15) is 22.0 Å². The zero-order valence-corrected chi connectivity index (χ0v) is 11.1. The number of aryl methyl sites for hydroxylation is 1. The summed E-state index contributed by atoms with van der Waals surface area (Å²) in [6.07, 6.45) is -6.06. The van der Waals surface area contributed by atoms with Crippen LogP contribution in [0.2, 0.25) is 0 Å². The lowest BCUT2D eigenvalue weighted by Gasteiger charge is -2.19. The number of carbonyl (C=O) groups is 1. The van der Waals surface area contributed by atoms with Crippen LogP contribution < -0.4 is 10.5 Å². The fraction of sp³-hybridized carbons (Fsp3) is 0.300. The van der Waals surface area contributed by atoms with Gasteiger partial charge < -0.3 is 5.32 Å². The first-order valence-corrected chi connectivity index (χ1v) is 6.71. The molecule has 0 saturated heterocycles. The molecule has 0 atom stereocenters. The molecule has 0 saturated carbocycles. The van der Waals surface area contributed by atoms with E-state index in [9.17, 15) is 35.2 Å². The molecule has 0 aliphatic carbocycles. The number of nitrogens with one attached hydrogen (secondary N) is 1. The summed E-state index contributed by atoms with van der Waals surface area (Å²) in [6, 6.07) is 2.75. The summed E-state index contributed by atoms with van der Waals surface area (Å²) in [7, 11) is -4.22. The molecule has 0 aromatic heterocycles. The number of hydrogen-bond acceptors (Lipinski definition) is 3. The molecule has 3 N–H and O–H groups in total. The highest BCUT2D eigenvalue weighted by Crippen LogP contribution is 2.36. The summed E-state index contributed by atoms with van der Waals surface area (Å²) in [6.45, 7) is 1.33. The number of sulfonamides is 1. The summed E-state index contributed by atoms with van der Waals surface area (Å²) in [4.78, 5) is 10.5. The molecule has 1 rings (SSSR count). The minimum atomic E-state index is -6.06. The number of benzene rings is 1. The Bertz CT molecular complexity index is 670. The maximum Gasteiger partial charge on any atom is 0.463 e. The van der Waals surface area contributed by atoms with Gasteiger partial charge in [0.05, 0.1) is 4.90 Å². The van der Waals surface area contributed by atoms with Crippen molar-refractivity contribution in [3.05, 3.63) is 23.8 Å². The van der Waals surface area contributed by atoms with Gasteiger partial charge in [0.15, 0.2) is 0 Å². The lowest BCUT2D eigenvalue weighted by Crippen LogP contribution is -2.47. The van der Waals surface area contributed by atoms with E-state index in [1.165, 1.54) is 12.2 Å². The standard InChI is InChI=1S/C10H9F5N2O3S/c1-5-2-3-6(4-7(5)21(16,19)20)17-8(18)9(11,12)10(13,14)15/h2-4H,1H3,(H,17,18)(H2,16,19,20). The van der Waals surface area contributed by atoms with Crippen molar-refractivity contribution in [1.29, 1.82) is 0 Å². The van der Waals surface area contributed by atoms with E-state index < -0.39 is 38.6 Å². The molecular weight excluding hydrogens is 323 g/mol. The van der Waals surface area contributed by atoms with Crippen molar-refractivity contribution in [1.82, 2.24) is 0 Å². The van der Waals surface area contributed by atoms with Gasteiger partial charge >= 0.3 is 18.0 Å². The fourth-order valence-electron chi connectivity index (χ4n) is 1.32. The highest BCUT2D eigenvalue weighted by Gasteiger charge is 2.63. The molecule has 118 valence electrons. The molecule has 1 aromatic carbocycles. The van der Waals surface area contributed by atoms with Crippen molar-refractivity contribution in [2.45, 2.75) is 23.9 Å². The quantitative estimate of drug-likeness (QED) is 0.827. The molecule has 1 aromatic rings. The summed E-state index contributed by atoms with van der Waals surface area (Å²) in [5.41, 5.74) is -0.420. The van der Waals surface area contributed by atoms with E-state index in [2.05, 4.69) is 0 Å². The third-order valence-electron chi connectivity index (χ3n) is 2.39. The molecule has 21 heavy (non-hydrogen) atoms. The Morgan fingerprint density at radius 1 is 1.19 bits per heavy atom. The number of halogens is 5. The van der Waals surface area contributed by atoms with Crippen LogP contribution >= 0.6 is 0 Å². The van der Waals surface area contributed by atoms with Crippen LogP contribution in [0.25, 0.3) is 0 Å². The molecule has 11 heteroatoms. The number of primary sulfonamides is 1. The van der Waals surface area contributed by atoms with Gasteiger partial charge in [-0.3, -0.25) is 4.79 Å². The summed E-state index contributed by atoms with van der Waals surface area (Å²) < 4.78 is 83.8. The first-order chi connectivity index (χ1) is 9.26. The van der Waals surface area contributed by atoms with Crippen LogP contribution in [-0.4, -0.2) is 26.4 Å². The van der Waals surface area contributed by atoms with Gasteiger partial charge in [-0.15, -0.1) is 0 Å². The second-order valence-electron chi connectivity index (χ2n) is 4.05. The van der Waals surface area contributed by atoms with Crippen LogP contribution in [0, 0.1) is 6.92 Å². The van der Waals surface area contributed by atoms with Crippen LogP contribution in [0.3, 0.4) is 0 Å². The maximum atomic E-state index is 12.7. The topological polar surface area (TPSA) is 89.3 Å². The number of hydrogen-bond donors (Lipinski definition) is 2. The van der Waals surface area contributed by atoms with E-state index in [4.69, 9.17) is 5.14 Å². The molecule has 0 aliphatic rings. The number of amides is 1. The fourth-order valence-corrected chi connectivity index (χ4v) is 2.13. The normalized spacial score (nSPS) is 13.1. The Morgan fingerprint density at radius 2 is 1.71 bits per heavy atom. The Hall–Kier alpha value is -1.75. The van der Waals surface area contributed by atoms with Crippen LogP contribution in [0.4, 0.5) is 27.6 Å². The van der Waals surface area contributed by atoms with Crippen molar-refractivity contribution >= 4 is 21.6 Å². The van der Waals surface area contributed by atoms with E-state index >= 15 is 0 Å². The number of anilines is 1. The van der Waals surface area contributed by atoms with Crippen molar-refractivity contribution in [2.24, 2.45) is 5.14 Å². The van der Waals surface area contributed by atoms with Gasteiger partial charge in [0.25, 0.3) is 0 Å². The van der Waals surface area contributed by atoms with Gasteiger partial charge in [-0.25, -0.2) is 13.6 Å². The molecule has 5 nitrogen and oxygen atoms in total.